The molecule has 0 amide bonds. The van der Waals surface area contributed by atoms with Gasteiger partial charge in [-0.1, -0.05) is 38.1 Å². The minimum absolute atomic E-state index is 0.282. The molecular weight excluding hydrogens is 246 g/mol. The molecule has 0 aromatic heterocycles. The van der Waals surface area contributed by atoms with Crippen LogP contribution in [0.25, 0.3) is 0 Å². The average Bonchev–Trinajstić information content (AvgIpc) is 2.86. The molecule has 110 valence electrons. The normalized spacial score (nSPS) is 29.6. The lowest BCUT2D eigenvalue weighted by Gasteiger charge is -2.37. The Labute approximate surface area is 122 Å². The van der Waals surface area contributed by atoms with Crippen LogP contribution in [0, 0.1) is 5.92 Å². The monoisotopic (exact) mass is 273 g/mol. The molecule has 0 spiro atoms. The SMILES string of the molecule is CC(C)CC1(CC2OCCc3ccccc32)CCCN1. The third kappa shape index (κ3) is 2.91. The molecule has 0 bridgehead atoms. The Balaban J connectivity index is 1.80. The number of hydrogen-bond acceptors (Lipinski definition) is 2. The highest BCUT2D eigenvalue weighted by atomic mass is 16.5. The third-order valence-electron chi connectivity index (χ3n) is 4.80. The van der Waals surface area contributed by atoms with Crippen LogP contribution in [0.15, 0.2) is 24.3 Å². The number of hydrogen-bond donors (Lipinski definition) is 1. The molecule has 3 rings (SSSR count). The van der Waals surface area contributed by atoms with Crippen molar-refractivity contribution in [3.8, 4) is 0 Å². The summed E-state index contributed by atoms with van der Waals surface area (Å²) in [6.07, 6.45) is 6.34. The van der Waals surface area contributed by atoms with Crippen molar-refractivity contribution in [2.24, 2.45) is 5.92 Å². The van der Waals surface area contributed by atoms with Crippen LogP contribution < -0.4 is 5.32 Å². The molecule has 2 nitrogen and oxygen atoms in total. The number of benzene rings is 1. The van der Waals surface area contributed by atoms with Crippen molar-refractivity contribution in [3.05, 3.63) is 35.4 Å². The first-order chi connectivity index (χ1) is 9.69. The van der Waals surface area contributed by atoms with Gasteiger partial charge in [0.15, 0.2) is 0 Å². The summed E-state index contributed by atoms with van der Waals surface area (Å²) in [5.41, 5.74) is 3.21. The topological polar surface area (TPSA) is 21.3 Å². The lowest BCUT2D eigenvalue weighted by Crippen LogP contribution is -2.43. The van der Waals surface area contributed by atoms with E-state index >= 15 is 0 Å². The van der Waals surface area contributed by atoms with Gasteiger partial charge in [0, 0.05) is 5.54 Å². The Morgan fingerprint density at radius 3 is 2.95 bits per heavy atom. The molecular formula is C18H27NO. The molecule has 1 aromatic carbocycles. The fourth-order valence-corrected chi connectivity index (χ4v) is 4.08. The van der Waals surface area contributed by atoms with Crippen LogP contribution >= 0.6 is 0 Å². The summed E-state index contributed by atoms with van der Waals surface area (Å²) >= 11 is 0. The zero-order chi connectivity index (χ0) is 14.0. The molecule has 1 N–H and O–H groups in total. The van der Waals surface area contributed by atoms with Crippen LogP contribution in [-0.4, -0.2) is 18.7 Å². The van der Waals surface area contributed by atoms with Gasteiger partial charge < -0.3 is 10.1 Å². The molecule has 20 heavy (non-hydrogen) atoms. The molecule has 2 atom stereocenters. The molecule has 2 aliphatic rings. The number of rotatable bonds is 4. The molecule has 2 aliphatic heterocycles. The van der Waals surface area contributed by atoms with E-state index in [0.717, 1.165) is 25.4 Å². The second-order valence-corrected chi connectivity index (χ2v) is 6.92. The van der Waals surface area contributed by atoms with Gasteiger partial charge in [0.05, 0.1) is 12.7 Å². The second kappa shape index (κ2) is 5.87. The number of fused-ring (bicyclic) bond motifs is 1. The fraction of sp³-hybridized carbons (Fsp3) is 0.667. The van der Waals surface area contributed by atoms with E-state index in [1.54, 1.807) is 0 Å². The highest BCUT2D eigenvalue weighted by molar-refractivity contribution is 5.31. The van der Waals surface area contributed by atoms with Gasteiger partial charge in [-0.2, -0.15) is 0 Å². The van der Waals surface area contributed by atoms with Crippen LogP contribution in [0.5, 0.6) is 0 Å². The molecule has 1 aromatic rings. The lowest BCUT2D eigenvalue weighted by molar-refractivity contribution is 0.0147. The second-order valence-electron chi connectivity index (χ2n) is 6.92. The summed E-state index contributed by atoms with van der Waals surface area (Å²) in [4.78, 5) is 0. The Hall–Kier alpha value is -0.860. The predicted molar refractivity (Wildman–Crippen MR) is 82.9 cm³/mol. The summed E-state index contributed by atoms with van der Waals surface area (Å²) in [5, 5.41) is 3.80. The quantitative estimate of drug-likeness (QED) is 0.899. The van der Waals surface area contributed by atoms with E-state index < -0.39 is 0 Å². The van der Waals surface area contributed by atoms with E-state index in [9.17, 15) is 0 Å². The van der Waals surface area contributed by atoms with Gasteiger partial charge in [-0.15, -0.1) is 0 Å². The molecule has 0 aliphatic carbocycles. The van der Waals surface area contributed by atoms with Gasteiger partial charge in [0.1, 0.15) is 0 Å². The largest absolute Gasteiger partial charge is 0.373 e. The van der Waals surface area contributed by atoms with Gasteiger partial charge >= 0.3 is 0 Å². The van der Waals surface area contributed by atoms with Gasteiger partial charge in [-0.25, -0.2) is 0 Å². The lowest BCUT2D eigenvalue weighted by atomic mass is 9.80. The predicted octanol–water partition coefficient (Wildman–Crippen LogP) is 3.86. The van der Waals surface area contributed by atoms with Gasteiger partial charge in [0.2, 0.25) is 0 Å². The average molecular weight is 273 g/mol. The van der Waals surface area contributed by atoms with Crippen molar-refractivity contribution in [2.45, 2.75) is 57.6 Å². The maximum Gasteiger partial charge on any atom is 0.0845 e. The number of nitrogens with one attached hydrogen (secondary N) is 1. The Morgan fingerprint density at radius 1 is 1.35 bits per heavy atom. The van der Waals surface area contributed by atoms with Crippen molar-refractivity contribution in [3.63, 3.8) is 0 Å². The summed E-state index contributed by atoms with van der Waals surface area (Å²) in [6.45, 7) is 6.70. The highest BCUT2D eigenvalue weighted by Crippen LogP contribution is 2.39. The van der Waals surface area contributed by atoms with Gasteiger partial charge in [-0.3, -0.25) is 0 Å². The molecule has 2 unspecified atom stereocenters. The van der Waals surface area contributed by atoms with Crippen LogP contribution in [0.1, 0.15) is 56.8 Å². The van der Waals surface area contributed by atoms with E-state index in [2.05, 4.69) is 43.4 Å². The van der Waals surface area contributed by atoms with Crippen molar-refractivity contribution < 1.29 is 4.74 Å². The third-order valence-corrected chi connectivity index (χ3v) is 4.80. The summed E-state index contributed by atoms with van der Waals surface area (Å²) in [6, 6.07) is 8.83. The Morgan fingerprint density at radius 2 is 2.20 bits per heavy atom. The minimum atomic E-state index is 0.282. The van der Waals surface area contributed by atoms with Crippen LogP contribution in [-0.2, 0) is 11.2 Å². The van der Waals surface area contributed by atoms with Crippen LogP contribution in [0.2, 0.25) is 0 Å². The van der Waals surface area contributed by atoms with E-state index in [1.807, 2.05) is 0 Å². The molecule has 1 fully saturated rings. The summed E-state index contributed by atoms with van der Waals surface area (Å²) in [5.74, 6) is 0.736. The summed E-state index contributed by atoms with van der Waals surface area (Å²) in [7, 11) is 0. The van der Waals surface area contributed by atoms with E-state index in [1.165, 1.54) is 36.9 Å². The van der Waals surface area contributed by atoms with Gasteiger partial charge in [-0.05, 0) is 55.7 Å². The van der Waals surface area contributed by atoms with Crippen molar-refractivity contribution in [1.29, 1.82) is 0 Å². The van der Waals surface area contributed by atoms with Crippen LogP contribution in [0.3, 0.4) is 0 Å². The maximum absolute atomic E-state index is 6.13. The van der Waals surface area contributed by atoms with Crippen molar-refractivity contribution in [2.75, 3.05) is 13.2 Å². The van der Waals surface area contributed by atoms with Gasteiger partial charge in [0.25, 0.3) is 0 Å². The Kier molecular flexibility index (Phi) is 4.13. The maximum atomic E-state index is 6.13. The zero-order valence-electron chi connectivity index (χ0n) is 12.8. The Bertz CT molecular complexity index is 448. The zero-order valence-corrected chi connectivity index (χ0v) is 12.8. The first kappa shape index (κ1) is 14.1. The molecule has 1 saturated heterocycles. The van der Waals surface area contributed by atoms with Crippen molar-refractivity contribution >= 4 is 0 Å². The smallest absolute Gasteiger partial charge is 0.0845 e. The van der Waals surface area contributed by atoms with Crippen molar-refractivity contribution in [1.82, 2.24) is 5.32 Å². The van der Waals surface area contributed by atoms with E-state index in [0.29, 0.717) is 5.54 Å². The minimum Gasteiger partial charge on any atom is -0.373 e. The molecule has 2 heteroatoms. The van der Waals surface area contributed by atoms with E-state index in [-0.39, 0.29) is 6.10 Å². The highest BCUT2D eigenvalue weighted by Gasteiger charge is 2.38. The fourth-order valence-electron chi connectivity index (χ4n) is 4.08. The van der Waals surface area contributed by atoms with Crippen LogP contribution in [0.4, 0.5) is 0 Å². The number of ether oxygens (including phenoxy) is 1. The first-order valence-corrected chi connectivity index (χ1v) is 8.13. The standard InChI is InChI=1S/C18H27NO/c1-14(2)12-18(9-5-10-19-18)13-17-16-7-4-3-6-15(16)8-11-20-17/h3-4,6-7,14,17,19H,5,8-13H2,1-2H3. The van der Waals surface area contributed by atoms with E-state index in [4.69, 9.17) is 4.74 Å². The summed E-state index contributed by atoms with van der Waals surface area (Å²) < 4.78 is 6.13. The molecule has 0 radical (unpaired) electrons. The molecule has 2 heterocycles. The first-order valence-electron chi connectivity index (χ1n) is 8.13. The molecule has 0 saturated carbocycles.